The highest BCUT2D eigenvalue weighted by Gasteiger charge is 2.32. The van der Waals surface area contributed by atoms with E-state index in [-0.39, 0.29) is 16.9 Å². The molecule has 1 aliphatic heterocycles. The van der Waals surface area contributed by atoms with Crippen LogP contribution in [0.4, 0.5) is 4.39 Å². The molecule has 0 N–H and O–H groups in total. The summed E-state index contributed by atoms with van der Waals surface area (Å²) in [6, 6.07) is 7.60. The van der Waals surface area contributed by atoms with Gasteiger partial charge in [-0.15, -0.1) is 6.58 Å². The van der Waals surface area contributed by atoms with Gasteiger partial charge < -0.3 is 4.57 Å². The first-order valence-corrected chi connectivity index (χ1v) is 6.83. The predicted octanol–water partition coefficient (Wildman–Crippen LogP) is 2.80. The summed E-state index contributed by atoms with van der Waals surface area (Å²) in [7, 11) is 0. The van der Waals surface area contributed by atoms with Gasteiger partial charge in [0.15, 0.2) is 0 Å². The minimum atomic E-state index is -0.500. The van der Waals surface area contributed by atoms with Crippen molar-refractivity contribution in [2.24, 2.45) is 0 Å². The van der Waals surface area contributed by atoms with Crippen molar-refractivity contribution in [1.29, 1.82) is 0 Å². The number of nitrogens with zero attached hydrogens (tertiary/aromatic N) is 2. The summed E-state index contributed by atoms with van der Waals surface area (Å²) in [5.41, 5.74) is 1.49. The molecule has 0 atom stereocenters. The van der Waals surface area contributed by atoms with E-state index in [0.717, 1.165) is 0 Å². The van der Waals surface area contributed by atoms with Crippen molar-refractivity contribution in [2.75, 3.05) is 0 Å². The molecule has 0 amide bonds. The fraction of sp³-hybridized carbons (Fsp3) is 0.0588. The molecule has 0 bridgehead atoms. The monoisotopic (exact) mass is 294 g/mol. The van der Waals surface area contributed by atoms with Gasteiger partial charge in [-0.1, -0.05) is 6.08 Å². The van der Waals surface area contributed by atoms with Crippen molar-refractivity contribution in [3.8, 4) is 11.4 Å². The van der Waals surface area contributed by atoms with Gasteiger partial charge in [0.25, 0.3) is 5.91 Å². The van der Waals surface area contributed by atoms with Gasteiger partial charge in [-0.05, 0) is 30.3 Å². The highest BCUT2D eigenvalue weighted by atomic mass is 19.1. The number of allylic oxidation sites excluding steroid dienone is 1. The number of rotatable bonds is 2. The molecule has 3 heterocycles. The van der Waals surface area contributed by atoms with Crippen LogP contribution < -0.4 is 5.43 Å². The van der Waals surface area contributed by atoms with E-state index in [1.54, 1.807) is 30.5 Å². The first-order chi connectivity index (χ1) is 10.6. The Morgan fingerprint density at radius 2 is 2.05 bits per heavy atom. The van der Waals surface area contributed by atoms with E-state index >= 15 is 0 Å². The minimum Gasteiger partial charge on any atom is -0.335 e. The highest BCUT2D eigenvalue weighted by molar-refractivity contribution is 6.10. The zero-order chi connectivity index (χ0) is 15.4. The van der Waals surface area contributed by atoms with Crippen LogP contribution in [0.15, 0.2) is 54.0 Å². The third kappa shape index (κ3) is 1.45. The molecule has 1 aliphatic rings. The number of benzene rings is 1. The van der Waals surface area contributed by atoms with E-state index in [2.05, 4.69) is 6.58 Å². The van der Waals surface area contributed by atoms with Crippen LogP contribution in [0.2, 0.25) is 0 Å². The molecular weight excluding hydrogens is 283 g/mol. The van der Waals surface area contributed by atoms with Gasteiger partial charge in [0.05, 0.1) is 16.9 Å². The topological polar surface area (TPSA) is 44.0 Å². The Bertz CT molecular complexity index is 1030. The number of aromatic nitrogens is 2. The summed E-state index contributed by atoms with van der Waals surface area (Å²) in [6.07, 6.45) is 3.31. The molecule has 0 aliphatic carbocycles. The SMILES string of the molecule is C=CCn1c2c(c(=O)c3cc(F)ccc31)C(=O)n1cccc1-2. The van der Waals surface area contributed by atoms with Crippen molar-refractivity contribution in [2.45, 2.75) is 6.54 Å². The van der Waals surface area contributed by atoms with Gasteiger partial charge in [-0.2, -0.15) is 0 Å². The zero-order valence-electron chi connectivity index (χ0n) is 11.5. The molecule has 0 spiro atoms. The fourth-order valence-electron chi connectivity index (χ4n) is 3.08. The lowest BCUT2D eigenvalue weighted by Gasteiger charge is -2.14. The van der Waals surface area contributed by atoms with Gasteiger partial charge in [-0.3, -0.25) is 14.2 Å². The van der Waals surface area contributed by atoms with E-state index in [0.29, 0.717) is 23.4 Å². The lowest BCUT2D eigenvalue weighted by atomic mass is 10.1. The lowest BCUT2D eigenvalue weighted by Crippen LogP contribution is -2.20. The highest BCUT2D eigenvalue weighted by Crippen LogP contribution is 2.33. The molecule has 2 aromatic heterocycles. The molecule has 0 saturated carbocycles. The van der Waals surface area contributed by atoms with E-state index in [9.17, 15) is 14.0 Å². The Hall–Kier alpha value is -2.95. The van der Waals surface area contributed by atoms with Crippen LogP contribution in [0, 0.1) is 5.82 Å². The zero-order valence-corrected chi connectivity index (χ0v) is 11.5. The molecule has 4 nitrogen and oxygen atoms in total. The first kappa shape index (κ1) is 12.8. The Kier molecular flexibility index (Phi) is 2.48. The molecule has 22 heavy (non-hydrogen) atoms. The van der Waals surface area contributed by atoms with Crippen LogP contribution in [-0.4, -0.2) is 15.0 Å². The number of pyridine rings is 1. The molecule has 108 valence electrons. The van der Waals surface area contributed by atoms with E-state index < -0.39 is 11.2 Å². The maximum absolute atomic E-state index is 13.5. The standard InChI is InChI=1S/C17H11FN2O2/c1-2-7-19-12-6-5-10(18)9-11(12)16(21)14-15(19)13-4-3-8-20(13)17(14)22/h2-6,8-9H,1,7H2. The number of hydrogen-bond acceptors (Lipinski definition) is 2. The van der Waals surface area contributed by atoms with Crippen LogP contribution in [0.5, 0.6) is 0 Å². The number of carbonyl (C=O) groups excluding carboxylic acids is 1. The second kappa shape index (κ2) is 4.27. The molecule has 3 aromatic rings. The van der Waals surface area contributed by atoms with Crippen molar-refractivity contribution in [3.05, 3.63) is 70.8 Å². The smallest absolute Gasteiger partial charge is 0.268 e. The number of hydrogen-bond donors (Lipinski definition) is 0. The molecule has 0 unspecified atom stereocenters. The average molecular weight is 294 g/mol. The Balaban J connectivity index is 2.26. The van der Waals surface area contributed by atoms with Crippen LogP contribution in [-0.2, 0) is 6.54 Å². The van der Waals surface area contributed by atoms with Gasteiger partial charge in [-0.25, -0.2) is 4.39 Å². The molecule has 0 radical (unpaired) electrons. The van der Waals surface area contributed by atoms with Crippen molar-refractivity contribution in [1.82, 2.24) is 9.13 Å². The lowest BCUT2D eigenvalue weighted by molar-refractivity contribution is 0.0968. The Morgan fingerprint density at radius 3 is 2.82 bits per heavy atom. The van der Waals surface area contributed by atoms with Gasteiger partial charge in [0, 0.05) is 18.1 Å². The summed E-state index contributed by atoms with van der Waals surface area (Å²) >= 11 is 0. The second-order valence-corrected chi connectivity index (χ2v) is 5.18. The Labute approximate surface area is 124 Å². The molecule has 5 heteroatoms. The summed E-state index contributed by atoms with van der Waals surface area (Å²) < 4.78 is 16.8. The van der Waals surface area contributed by atoms with Gasteiger partial charge in [0.1, 0.15) is 11.4 Å². The maximum Gasteiger partial charge on any atom is 0.268 e. The average Bonchev–Trinajstić information content (AvgIpc) is 3.07. The fourth-order valence-corrected chi connectivity index (χ4v) is 3.08. The summed E-state index contributed by atoms with van der Waals surface area (Å²) in [4.78, 5) is 25.2. The van der Waals surface area contributed by atoms with Crippen molar-refractivity contribution in [3.63, 3.8) is 0 Å². The van der Waals surface area contributed by atoms with Crippen LogP contribution in [0.1, 0.15) is 10.4 Å². The summed E-state index contributed by atoms with van der Waals surface area (Å²) in [5.74, 6) is -0.872. The molecule has 0 fully saturated rings. The van der Waals surface area contributed by atoms with E-state index in [1.807, 2.05) is 4.57 Å². The summed E-state index contributed by atoms with van der Waals surface area (Å²) in [5, 5.41) is 0.208. The number of halogens is 1. The Morgan fingerprint density at radius 1 is 1.23 bits per heavy atom. The van der Waals surface area contributed by atoms with Crippen molar-refractivity contribution < 1.29 is 9.18 Å². The van der Waals surface area contributed by atoms with Crippen molar-refractivity contribution >= 4 is 16.8 Å². The maximum atomic E-state index is 13.5. The molecule has 1 aromatic carbocycles. The number of carbonyl (C=O) groups is 1. The van der Waals surface area contributed by atoms with Crippen LogP contribution in [0.3, 0.4) is 0 Å². The molecular formula is C17H11FN2O2. The quantitative estimate of drug-likeness (QED) is 0.534. The second-order valence-electron chi connectivity index (χ2n) is 5.18. The summed E-state index contributed by atoms with van der Waals surface area (Å²) in [6.45, 7) is 4.15. The predicted molar refractivity (Wildman–Crippen MR) is 81.5 cm³/mol. The third-order valence-corrected chi connectivity index (χ3v) is 3.96. The molecule has 4 rings (SSSR count). The normalized spacial score (nSPS) is 12.5. The first-order valence-electron chi connectivity index (χ1n) is 6.83. The largest absolute Gasteiger partial charge is 0.335 e. The number of fused-ring (bicyclic) bond motifs is 4. The van der Waals surface area contributed by atoms with Gasteiger partial charge in [0.2, 0.25) is 5.43 Å². The third-order valence-electron chi connectivity index (χ3n) is 3.96. The van der Waals surface area contributed by atoms with Crippen LogP contribution >= 0.6 is 0 Å². The molecule has 0 saturated heterocycles. The van der Waals surface area contributed by atoms with E-state index in [4.69, 9.17) is 0 Å². The minimum absolute atomic E-state index is 0.0931. The van der Waals surface area contributed by atoms with Gasteiger partial charge >= 0.3 is 0 Å². The van der Waals surface area contributed by atoms with E-state index in [1.165, 1.54) is 16.7 Å². The van der Waals surface area contributed by atoms with Crippen LogP contribution in [0.25, 0.3) is 22.3 Å².